The van der Waals surface area contributed by atoms with E-state index in [1.807, 2.05) is 0 Å². The molecule has 8 aliphatic rings. The number of thioether (sulfide) groups is 2. The topological polar surface area (TPSA) is 577 Å². The van der Waals surface area contributed by atoms with Gasteiger partial charge in [-0.15, -0.1) is 28.6 Å². The number of nitrogens with zero attached hydrogens (tertiary/aromatic N) is 4. The molecule has 18 N–H and O–H groups in total. The van der Waals surface area contributed by atoms with Crippen LogP contribution in [0.4, 0.5) is 0 Å². The average Bonchev–Trinajstić information content (AvgIpc) is 1.76. The fourth-order valence-electron chi connectivity index (χ4n) is 17.1. The number of nitrogens with one attached hydrogen (secondary N) is 7. The third kappa shape index (κ3) is 25.7. The van der Waals surface area contributed by atoms with Crippen LogP contribution in [0, 0.1) is 0 Å². The minimum absolute atomic E-state index is 0.0526. The molecule has 1 aromatic heterocycles. The van der Waals surface area contributed by atoms with Gasteiger partial charge in [0.1, 0.15) is 107 Å². The summed E-state index contributed by atoms with van der Waals surface area (Å²) < 4.78 is 56.2. The largest absolute Gasteiger partial charge is 0.508 e. The summed E-state index contributed by atoms with van der Waals surface area (Å²) in [5.74, 6) is -14.7. The highest BCUT2D eigenvalue weighted by Gasteiger charge is 2.50. The van der Waals surface area contributed by atoms with E-state index >= 15 is 24.0 Å². The van der Waals surface area contributed by atoms with Gasteiger partial charge in [0.2, 0.25) is 41.2 Å². The Bertz CT molecular complexity index is 5900. The van der Waals surface area contributed by atoms with Crippen LogP contribution in [0.25, 0.3) is 11.1 Å². The number of halogens is 2. The molecule has 16 rings (SSSR count). The number of fused-ring (bicyclic) bond motifs is 14. The fraction of sp³-hybridized carbons (Fsp3) is 0.433. The number of benzene rings is 7. The van der Waals surface area contributed by atoms with Crippen molar-refractivity contribution in [2.45, 2.75) is 196 Å². The van der Waals surface area contributed by atoms with Crippen molar-refractivity contribution < 1.29 is 142 Å². The van der Waals surface area contributed by atoms with Gasteiger partial charge in [-0.2, -0.15) is 0 Å². The Morgan fingerprint density at radius 2 is 1.14 bits per heavy atom. The lowest BCUT2D eigenvalue weighted by atomic mass is 9.89. The fourth-order valence-corrected chi connectivity index (χ4v) is 19.9. The van der Waals surface area contributed by atoms with E-state index in [4.69, 9.17) is 65.8 Å². The van der Waals surface area contributed by atoms with Crippen LogP contribution < -0.4 is 51.4 Å². The zero-order chi connectivity index (χ0) is 100. The van der Waals surface area contributed by atoms with Crippen LogP contribution in [0.1, 0.15) is 179 Å². The maximum Gasteiger partial charge on any atom is 0.330 e. The molecule has 754 valence electrons. The van der Waals surface area contributed by atoms with Gasteiger partial charge in [-0.25, -0.2) is 9.48 Å². The lowest BCUT2D eigenvalue weighted by molar-refractivity contribution is -0.284. The number of amides is 8. The smallest absolute Gasteiger partial charge is 0.330 e. The summed E-state index contributed by atoms with van der Waals surface area (Å²) >= 11 is 17.3. The van der Waals surface area contributed by atoms with Gasteiger partial charge in [0.25, 0.3) is 11.8 Å². The quantitative estimate of drug-likeness (QED) is 0.0128. The van der Waals surface area contributed by atoms with Gasteiger partial charge >= 0.3 is 5.97 Å². The molecule has 0 radical (unpaired) electrons. The Morgan fingerprint density at radius 1 is 0.546 bits per heavy atom. The number of ether oxygens (including phenoxy) is 9. The van der Waals surface area contributed by atoms with E-state index in [0.717, 1.165) is 141 Å². The van der Waals surface area contributed by atoms with Gasteiger partial charge in [0.15, 0.2) is 41.4 Å². The lowest BCUT2D eigenvalue weighted by Gasteiger charge is -2.44. The van der Waals surface area contributed by atoms with E-state index in [9.17, 15) is 75.3 Å². The summed E-state index contributed by atoms with van der Waals surface area (Å²) in [7, 11) is 0. The van der Waals surface area contributed by atoms with Crippen molar-refractivity contribution in [1.82, 2.24) is 57.1 Å². The number of carbonyl (C=O) groups is 9. The number of unbranched alkanes of at least 4 members (excludes halogenated alkanes) is 10. The molecular weight excluding hydrogens is 1920 g/mol. The van der Waals surface area contributed by atoms with Crippen LogP contribution in [0.5, 0.6) is 69.0 Å². The average molecular weight is 2030 g/mol. The minimum Gasteiger partial charge on any atom is -0.508 e. The molecule has 8 amide bonds. The Hall–Kier alpha value is -12.1. The number of carboxylic acid groups (broad SMARTS) is 1. The monoisotopic (exact) mass is 2030 g/mol. The van der Waals surface area contributed by atoms with Gasteiger partial charge in [0, 0.05) is 42.2 Å². The number of hydrogen-bond donors (Lipinski definition) is 18. The van der Waals surface area contributed by atoms with Gasteiger partial charge < -0.3 is 131 Å². The summed E-state index contributed by atoms with van der Waals surface area (Å²) in [5.41, 5.74) is -2.34. The van der Waals surface area contributed by atoms with Crippen molar-refractivity contribution in [3.05, 3.63) is 186 Å². The van der Waals surface area contributed by atoms with Crippen LogP contribution in [0.3, 0.4) is 0 Å². The predicted molar refractivity (Wildman–Crippen MR) is 509 cm³/mol. The zero-order valence-corrected chi connectivity index (χ0v) is 80.1. The molecule has 0 saturated carbocycles. The molecule has 0 aliphatic carbocycles. The first kappa shape index (κ1) is 105. The second kappa shape index (κ2) is 48.6. The van der Waals surface area contributed by atoms with Crippen LogP contribution in [0.2, 0.25) is 10.0 Å². The number of aliphatic carboxylic acids is 1. The molecule has 0 spiro atoms. The van der Waals surface area contributed by atoms with Crippen LogP contribution in [-0.4, -0.2) is 249 Å². The standard InChI is InChI=1S/C97H111Cl2N11O29S2/c1-4-6-8-10-12-14-32-140-86-87(141-33-15-13-11-9-7-5-2)95(128)109(94(86)127)24-25-131-26-27-132-28-29-133-30-31-134-48-56-46-110(108-107-56)81-52-18-21-66(116)70(40-52)135-59-37-54(36-57(113)43-59)76-90(123)104-77-55-41-71(136-68-22-16-50(34-62(68)98)35-64(88(121)102-76)101-93(81)126)82(118)72(42-55)137-69-23-19-53(39-63(69)99)85(139-97-79(100-49(3)112)84(120)83(119)73(47-111)138-97)80-92(125)105-78(96(129)130)61-44-58(114)45-67(117)74(61)60-38-51(17-20-65(60)115)75(89(122)106-80)103-91(77)124/h16-23,34,36-46,64,73,75-81,83-85,91,97,103,111,113-120,124H,4-15,24-33,35,47-48H2,1-3H3,(H,100,112)(H,101,126)(H,102,121)(H,104,123)(H,105,125)(H,106,122)(H,129,130)/t64-,73-,75-,76+,77-,78-,79-,80-,81?,83-,84-,85-,91?,97+/m1/s1. The first-order valence-electron chi connectivity index (χ1n) is 46.2. The molecule has 1 saturated heterocycles. The van der Waals surface area contributed by atoms with E-state index in [1.165, 1.54) is 109 Å². The maximum atomic E-state index is 16.3. The number of aromatic hydroxyl groups is 6. The van der Waals surface area contributed by atoms with Crippen molar-refractivity contribution in [1.29, 1.82) is 0 Å². The Kier molecular flexibility index (Phi) is 36.1. The number of imide groups is 1. The van der Waals surface area contributed by atoms with Crippen molar-refractivity contribution in [2.75, 3.05) is 70.9 Å². The van der Waals surface area contributed by atoms with Gasteiger partial charge in [-0.3, -0.25) is 48.6 Å². The second-order valence-electron chi connectivity index (χ2n) is 34.4. The molecule has 141 heavy (non-hydrogen) atoms. The van der Waals surface area contributed by atoms with Gasteiger partial charge in [-0.05, 0) is 137 Å². The van der Waals surface area contributed by atoms with Crippen LogP contribution in [0.15, 0.2) is 131 Å². The Labute approximate surface area is 827 Å². The molecular formula is C97H111Cl2N11O29S2. The number of carbonyl (C=O) groups excluding carboxylic acids is 8. The summed E-state index contributed by atoms with van der Waals surface area (Å²) in [4.78, 5) is 136. The van der Waals surface area contributed by atoms with Crippen molar-refractivity contribution in [3.63, 3.8) is 0 Å². The molecule has 9 heterocycles. The maximum absolute atomic E-state index is 16.3. The SMILES string of the molecule is CCCCCCCCSC1=C(SCCCCCCCC)C(=O)N(CCOCCOCCOCCOCc2cn(C3C(=O)N[C@@H]4Cc5ccc(c(Cl)c5)Oc5cc6cc(c5O)Oc5ccc(cc5Cl)[C@@H](O[C@@H]5O[C@H](CO)[C@@H](O)[C@H](O)[C@H]5NC(C)=O)[C@H]5NC(=O)[C@H](NC(O)[C@@H]6NC(=O)[C@@H](NC4=O)c4cc(O)cc(c4)Oc4cc3ccc4O)c3ccc(O)c(c3)-c3c(O)cc(O)cc3[C@H](C(=O)O)NC5=O)nn2)C1=O. The molecule has 1 fully saturated rings. The molecule has 14 atom stereocenters. The molecule has 7 aromatic carbocycles. The molecule has 8 aromatic rings. The number of aliphatic hydroxyl groups excluding tert-OH is 4. The summed E-state index contributed by atoms with van der Waals surface area (Å²) in [6.45, 7) is 5.41. The number of aromatic nitrogens is 3. The highest BCUT2D eigenvalue weighted by molar-refractivity contribution is 8.08. The highest BCUT2D eigenvalue weighted by atomic mass is 35.5. The van der Waals surface area contributed by atoms with Crippen molar-refractivity contribution in [3.8, 4) is 80.1 Å². The summed E-state index contributed by atoms with van der Waals surface area (Å²) in [5, 5.41) is 155. The number of carboxylic acids is 1. The van der Waals surface area contributed by atoms with E-state index in [2.05, 4.69) is 61.4 Å². The molecule has 8 aliphatic heterocycles. The zero-order valence-electron chi connectivity index (χ0n) is 76.9. The summed E-state index contributed by atoms with van der Waals surface area (Å²) in [6, 6.07) is 5.41. The Morgan fingerprint density at radius 3 is 1.79 bits per heavy atom. The lowest BCUT2D eigenvalue weighted by Crippen LogP contribution is -2.65. The predicted octanol–water partition coefficient (Wildman–Crippen LogP) is 9.26. The first-order chi connectivity index (χ1) is 67.9. The van der Waals surface area contributed by atoms with Crippen LogP contribution in [-0.2, 0) is 84.6 Å². The van der Waals surface area contributed by atoms with E-state index in [0.29, 0.717) is 9.81 Å². The highest BCUT2D eigenvalue weighted by Crippen LogP contribution is 2.50. The number of aliphatic hydroxyl groups is 4. The van der Waals surface area contributed by atoms with Gasteiger partial charge in [0.05, 0.1) is 98.1 Å². The normalized spacial score (nSPS) is 22.5. The second-order valence-corrected chi connectivity index (χ2v) is 37.5. The molecule has 17 bridgehead atoms. The third-order valence-electron chi connectivity index (χ3n) is 24.2. The van der Waals surface area contributed by atoms with Crippen molar-refractivity contribution >= 4 is 100.0 Å². The third-order valence-corrected chi connectivity index (χ3v) is 27.3. The van der Waals surface area contributed by atoms with Crippen molar-refractivity contribution in [2.24, 2.45) is 0 Å². The minimum atomic E-state index is -2.50. The number of phenols is 6. The first-order valence-corrected chi connectivity index (χ1v) is 49.0. The van der Waals surface area contributed by atoms with Gasteiger partial charge in [-0.1, -0.05) is 131 Å². The van der Waals surface area contributed by atoms with E-state index in [1.54, 1.807) is 0 Å². The number of phenolic OH excluding ortho intramolecular Hbond substituents is 6. The molecule has 44 heteroatoms. The number of hydrogen-bond acceptors (Lipinski definition) is 33. The Balaban J connectivity index is 0.732. The van der Waals surface area contributed by atoms with E-state index in [-0.39, 0.29) is 138 Å². The van der Waals surface area contributed by atoms with Crippen LogP contribution >= 0.6 is 46.7 Å². The molecule has 2 unspecified atom stereocenters. The summed E-state index contributed by atoms with van der Waals surface area (Å²) in [6.07, 6.45) is 2.05. The van der Waals surface area contributed by atoms with E-state index < -0.39 is 207 Å². The molecule has 40 nitrogen and oxygen atoms in total. The number of rotatable bonds is 36.